The molecule has 6 heteroatoms. The van der Waals surface area contributed by atoms with Crippen LogP contribution in [0.3, 0.4) is 0 Å². The summed E-state index contributed by atoms with van der Waals surface area (Å²) in [5.41, 5.74) is 0.690. The molecule has 0 spiro atoms. The molecule has 0 heterocycles. The molecule has 0 fully saturated rings. The lowest BCUT2D eigenvalue weighted by molar-refractivity contribution is 0.0501. The van der Waals surface area contributed by atoms with Gasteiger partial charge in [-0.1, -0.05) is 12.1 Å². The van der Waals surface area contributed by atoms with Crippen LogP contribution >= 0.6 is 15.9 Å². The number of rotatable bonds is 5. The van der Waals surface area contributed by atoms with E-state index in [1.54, 1.807) is 13.1 Å². The Morgan fingerprint density at radius 1 is 1.56 bits per heavy atom. The Morgan fingerprint density at radius 3 is 2.83 bits per heavy atom. The normalized spacial score (nSPS) is 12.0. The highest BCUT2D eigenvalue weighted by atomic mass is 79.9. The summed E-state index contributed by atoms with van der Waals surface area (Å²) in [7, 11) is 3.12. The van der Waals surface area contributed by atoms with Gasteiger partial charge < -0.3 is 20.1 Å². The zero-order chi connectivity index (χ0) is 13.5. The highest BCUT2D eigenvalue weighted by molar-refractivity contribution is 9.10. The molecule has 1 aromatic rings. The molecule has 0 aliphatic rings. The molecule has 0 radical (unpaired) electrons. The minimum atomic E-state index is -0.690. The van der Waals surface area contributed by atoms with Crippen LogP contribution in [0.2, 0.25) is 0 Å². The largest absolute Gasteiger partial charge is 0.389 e. The van der Waals surface area contributed by atoms with Gasteiger partial charge >= 0.3 is 6.03 Å². The Morgan fingerprint density at radius 2 is 2.22 bits per heavy atom. The Hall–Kier alpha value is -1.11. The number of carbonyl (C=O) groups is 1. The fraction of sp³-hybridized carbons (Fsp3) is 0.417. The van der Waals surface area contributed by atoms with E-state index in [1.165, 1.54) is 12.0 Å². The fourth-order valence-corrected chi connectivity index (χ4v) is 1.80. The van der Waals surface area contributed by atoms with Crippen LogP contribution in [-0.2, 0) is 4.74 Å². The van der Waals surface area contributed by atoms with Crippen molar-refractivity contribution < 1.29 is 14.6 Å². The number of amides is 2. The number of ether oxygens (including phenoxy) is 1. The van der Waals surface area contributed by atoms with Crippen LogP contribution in [0.4, 0.5) is 10.5 Å². The standard InChI is InChI=1S/C12H17BrN2O3/c1-15(7-9(16)8-18-2)12(17)14-11-6-4-3-5-10(11)13/h3-6,9,16H,7-8H2,1-2H3,(H,14,17). The van der Waals surface area contributed by atoms with Crippen molar-refractivity contribution in [2.24, 2.45) is 0 Å². The fourth-order valence-electron chi connectivity index (χ4n) is 1.42. The van der Waals surface area contributed by atoms with Gasteiger partial charge in [0, 0.05) is 18.6 Å². The lowest BCUT2D eigenvalue weighted by atomic mass is 10.3. The van der Waals surface area contributed by atoms with Gasteiger partial charge in [-0.05, 0) is 28.1 Å². The Labute approximate surface area is 115 Å². The predicted octanol–water partition coefficient (Wildman–Crippen LogP) is 1.92. The summed E-state index contributed by atoms with van der Waals surface area (Å²) in [5.74, 6) is 0. The van der Waals surface area contributed by atoms with Crippen LogP contribution in [0.1, 0.15) is 0 Å². The van der Waals surface area contributed by atoms with Crippen LogP contribution in [0.25, 0.3) is 0 Å². The topological polar surface area (TPSA) is 61.8 Å². The van der Waals surface area contributed by atoms with Crippen LogP contribution in [0, 0.1) is 0 Å². The summed E-state index contributed by atoms with van der Waals surface area (Å²) in [4.78, 5) is 13.3. The Bertz CT molecular complexity index is 401. The number of carbonyl (C=O) groups excluding carboxylic acids is 1. The minimum Gasteiger partial charge on any atom is -0.389 e. The molecule has 1 unspecified atom stereocenters. The number of nitrogens with zero attached hydrogens (tertiary/aromatic N) is 1. The number of aliphatic hydroxyl groups is 1. The molecule has 100 valence electrons. The van der Waals surface area contributed by atoms with Crippen LogP contribution in [0.15, 0.2) is 28.7 Å². The Balaban J connectivity index is 2.52. The SMILES string of the molecule is COCC(O)CN(C)C(=O)Nc1ccccc1Br. The van der Waals surface area contributed by atoms with Gasteiger partial charge in [0.15, 0.2) is 0 Å². The van der Waals surface area contributed by atoms with Gasteiger partial charge in [0.05, 0.1) is 24.9 Å². The van der Waals surface area contributed by atoms with Crippen molar-refractivity contribution in [3.05, 3.63) is 28.7 Å². The smallest absolute Gasteiger partial charge is 0.321 e. The van der Waals surface area contributed by atoms with Crippen molar-refractivity contribution in [3.63, 3.8) is 0 Å². The number of methoxy groups -OCH3 is 1. The molecule has 2 N–H and O–H groups in total. The van der Waals surface area contributed by atoms with E-state index in [9.17, 15) is 9.90 Å². The van der Waals surface area contributed by atoms with Crippen LogP contribution < -0.4 is 5.32 Å². The molecule has 1 atom stereocenters. The van der Waals surface area contributed by atoms with E-state index in [0.717, 1.165) is 4.47 Å². The van der Waals surface area contributed by atoms with E-state index in [-0.39, 0.29) is 19.2 Å². The maximum atomic E-state index is 11.8. The zero-order valence-electron chi connectivity index (χ0n) is 10.4. The first-order valence-corrected chi connectivity index (χ1v) is 6.27. The Kier molecular flexibility index (Phi) is 6.11. The lowest BCUT2D eigenvalue weighted by Crippen LogP contribution is -2.38. The molecule has 2 amide bonds. The number of urea groups is 1. The van der Waals surface area contributed by atoms with Gasteiger partial charge in [-0.25, -0.2) is 4.79 Å². The number of likely N-dealkylation sites (N-methyl/N-ethyl adjacent to an activating group) is 1. The van der Waals surface area contributed by atoms with E-state index in [2.05, 4.69) is 21.2 Å². The molecular weight excluding hydrogens is 300 g/mol. The van der Waals surface area contributed by atoms with Crippen molar-refractivity contribution in [1.82, 2.24) is 4.90 Å². The molecule has 1 rings (SSSR count). The lowest BCUT2D eigenvalue weighted by Gasteiger charge is -2.21. The summed E-state index contributed by atoms with van der Waals surface area (Å²) >= 11 is 3.35. The van der Waals surface area contributed by atoms with E-state index < -0.39 is 6.10 Å². The monoisotopic (exact) mass is 316 g/mol. The maximum Gasteiger partial charge on any atom is 0.321 e. The molecule has 0 aromatic heterocycles. The molecule has 0 bridgehead atoms. The number of anilines is 1. The number of halogens is 1. The first kappa shape index (κ1) is 14.9. The first-order valence-electron chi connectivity index (χ1n) is 5.48. The van der Waals surface area contributed by atoms with E-state index >= 15 is 0 Å². The number of hydrogen-bond acceptors (Lipinski definition) is 3. The number of aliphatic hydroxyl groups excluding tert-OH is 1. The summed E-state index contributed by atoms with van der Waals surface area (Å²) in [6.45, 7) is 0.413. The number of benzene rings is 1. The highest BCUT2D eigenvalue weighted by Crippen LogP contribution is 2.21. The van der Waals surface area contributed by atoms with E-state index in [4.69, 9.17) is 4.74 Å². The predicted molar refractivity (Wildman–Crippen MR) is 73.7 cm³/mol. The summed E-state index contributed by atoms with van der Waals surface area (Å²) < 4.78 is 5.62. The van der Waals surface area contributed by atoms with Gasteiger partial charge in [0.1, 0.15) is 0 Å². The first-order chi connectivity index (χ1) is 8.54. The molecule has 0 aliphatic heterocycles. The van der Waals surface area contributed by atoms with Gasteiger partial charge in [-0.15, -0.1) is 0 Å². The summed E-state index contributed by atoms with van der Waals surface area (Å²) in [6, 6.07) is 7.06. The average Bonchev–Trinajstić information content (AvgIpc) is 2.32. The molecule has 1 aromatic carbocycles. The van der Waals surface area contributed by atoms with Gasteiger partial charge in [0.25, 0.3) is 0 Å². The van der Waals surface area contributed by atoms with Crippen LogP contribution in [-0.4, -0.2) is 49.5 Å². The minimum absolute atomic E-state index is 0.201. The van der Waals surface area contributed by atoms with Gasteiger partial charge in [-0.2, -0.15) is 0 Å². The second-order valence-electron chi connectivity index (χ2n) is 3.90. The zero-order valence-corrected chi connectivity index (χ0v) is 12.0. The van der Waals surface area contributed by atoms with Gasteiger partial charge in [0.2, 0.25) is 0 Å². The van der Waals surface area contributed by atoms with E-state index in [0.29, 0.717) is 5.69 Å². The van der Waals surface area contributed by atoms with Crippen molar-refractivity contribution in [3.8, 4) is 0 Å². The van der Waals surface area contributed by atoms with Crippen molar-refractivity contribution in [2.45, 2.75) is 6.10 Å². The number of para-hydroxylation sites is 1. The summed E-state index contributed by atoms with van der Waals surface area (Å²) in [5, 5.41) is 12.3. The third kappa shape index (κ3) is 4.64. The third-order valence-corrected chi connectivity index (χ3v) is 3.00. The molecule has 0 aliphatic carbocycles. The molecule has 5 nitrogen and oxygen atoms in total. The molecule has 18 heavy (non-hydrogen) atoms. The van der Waals surface area contributed by atoms with Gasteiger partial charge in [-0.3, -0.25) is 0 Å². The molecular formula is C12H17BrN2O3. The van der Waals surface area contributed by atoms with Crippen molar-refractivity contribution in [2.75, 3.05) is 32.6 Å². The number of nitrogens with one attached hydrogen (secondary N) is 1. The second-order valence-corrected chi connectivity index (χ2v) is 4.75. The van der Waals surface area contributed by atoms with Crippen molar-refractivity contribution in [1.29, 1.82) is 0 Å². The molecule has 0 saturated heterocycles. The summed E-state index contributed by atoms with van der Waals surface area (Å²) in [6.07, 6.45) is -0.690. The van der Waals surface area contributed by atoms with Crippen LogP contribution in [0.5, 0.6) is 0 Å². The van der Waals surface area contributed by atoms with E-state index in [1.807, 2.05) is 18.2 Å². The molecule has 0 saturated carbocycles. The average molecular weight is 317 g/mol. The second kappa shape index (κ2) is 7.35. The highest BCUT2D eigenvalue weighted by Gasteiger charge is 2.14. The number of hydrogen-bond donors (Lipinski definition) is 2. The third-order valence-electron chi connectivity index (χ3n) is 2.31. The maximum absolute atomic E-state index is 11.8. The quantitative estimate of drug-likeness (QED) is 0.872. The van der Waals surface area contributed by atoms with Crippen molar-refractivity contribution >= 4 is 27.6 Å².